The minimum absolute atomic E-state index is 0.106. The zero-order valence-electron chi connectivity index (χ0n) is 6.64. The van der Waals surface area contributed by atoms with Gasteiger partial charge in [0.2, 0.25) is 0 Å². The van der Waals surface area contributed by atoms with Gasteiger partial charge in [-0.15, -0.1) is 0 Å². The minimum Gasteiger partial charge on any atom is -0.247 e. The lowest BCUT2D eigenvalue weighted by Gasteiger charge is -2.10. The molecule has 0 spiro atoms. The van der Waals surface area contributed by atoms with Crippen molar-refractivity contribution >= 4 is 0 Å². The fourth-order valence-electron chi connectivity index (χ4n) is 1.71. The van der Waals surface area contributed by atoms with E-state index in [4.69, 9.17) is 0 Å². The van der Waals surface area contributed by atoms with E-state index in [1.54, 1.807) is 20.8 Å². The summed E-state index contributed by atoms with van der Waals surface area (Å²) in [6.07, 6.45) is -1.88. The van der Waals surface area contributed by atoms with Crippen molar-refractivity contribution in [3.8, 4) is 0 Å². The Bertz CT molecular complexity index is 79.6. The third kappa shape index (κ3) is 0.938. The van der Waals surface area contributed by atoms with E-state index in [9.17, 15) is 8.78 Å². The molecule has 0 N–H and O–H groups in total. The van der Waals surface area contributed by atoms with E-state index < -0.39 is 18.3 Å². The quantitative estimate of drug-likeness (QED) is 0.495. The first-order valence-corrected chi connectivity index (χ1v) is 3.84. The fourth-order valence-corrected chi connectivity index (χ4v) is 1.71. The van der Waals surface area contributed by atoms with Gasteiger partial charge >= 0.3 is 0 Å². The Balaban J connectivity index is 2.68. The zero-order chi connectivity index (χ0) is 7.89. The van der Waals surface area contributed by atoms with E-state index >= 15 is 0 Å². The summed E-state index contributed by atoms with van der Waals surface area (Å²) in [5.41, 5.74) is 0. The lowest BCUT2D eigenvalue weighted by Crippen LogP contribution is -2.14. The van der Waals surface area contributed by atoms with Crippen molar-refractivity contribution in [2.75, 3.05) is 0 Å². The summed E-state index contributed by atoms with van der Waals surface area (Å²) in [4.78, 5) is 0. The van der Waals surface area contributed by atoms with Crippen molar-refractivity contribution in [3.63, 3.8) is 0 Å². The molecule has 0 aromatic heterocycles. The van der Waals surface area contributed by atoms with Crippen LogP contribution in [0.4, 0.5) is 8.78 Å². The standard InChI is InChI=1S/C8H14F2/c1-4-5(2)8(10)6(3)7(4)9/h4-8H,1-3H3/t4-,5+,6?,7?,8?. The fraction of sp³-hybridized carbons (Fsp3) is 1.00. The first kappa shape index (κ1) is 7.96. The zero-order valence-corrected chi connectivity index (χ0v) is 6.64. The van der Waals surface area contributed by atoms with Crippen LogP contribution in [-0.4, -0.2) is 12.3 Å². The Hall–Kier alpha value is -0.140. The van der Waals surface area contributed by atoms with Crippen LogP contribution >= 0.6 is 0 Å². The second kappa shape index (κ2) is 2.48. The molecule has 0 amide bonds. The molecule has 0 radical (unpaired) electrons. The average molecular weight is 148 g/mol. The predicted octanol–water partition coefficient (Wildman–Crippen LogP) is 2.58. The molecule has 0 nitrogen and oxygen atoms in total. The number of hydrogen-bond acceptors (Lipinski definition) is 0. The number of hydrogen-bond donors (Lipinski definition) is 0. The van der Waals surface area contributed by atoms with Crippen LogP contribution < -0.4 is 0 Å². The normalized spacial score (nSPS) is 55.5. The monoisotopic (exact) mass is 148 g/mol. The van der Waals surface area contributed by atoms with Gasteiger partial charge in [0, 0.05) is 5.92 Å². The molecule has 0 aliphatic heterocycles. The third-order valence-corrected chi connectivity index (χ3v) is 2.84. The Morgan fingerprint density at radius 2 is 1.00 bits per heavy atom. The molecule has 1 saturated carbocycles. The van der Waals surface area contributed by atoms with Crippen LogP contribution in [0.5, 0.6) is 0 Å². The number of alkyl halides is 2. The highest BCUT2D eigenvalue weighted by Gasteiger charge is 2.44. The van der Waals surface area contributed by atoms with E-state index in [2.05, 4.69) is 0 Å². The van der Waals surface area contributed by atoms with Gasteiger partial charge in [0.05, 0.1) is 0 Å². The Kier molecular flexibility index (Phi) is 1.97. The molecule has 0 heterocycles. The lowest BCUT2D eigenvalue weighted by atomic mass is 9.99. The maximum atomic E-state index is 13.0. The summed E-state index contributed by atoms with van der Waals surface area (Å²) < 4.78 is 25.9. The molecule has 1 aliphatic rings. The summed E-state index contributed by atoms with van der Waals surface area (Å²) in [6.45, 7) is 5.21. The summed E-state index contributed by atoms with van der Waals surface area (Å²) in [5, 5.41) is 0. The maximum absolute atomic E-state index is 13.0. The Morgan fingerprint density at radius 3 is 1.10 bits per heavy atom. The molecule has 1 aliphatic carbocycles. The molecular formula is C8H14F2. The van der Waals surface area contributed by atoms with Gasteiger partial charge in [-0.25, -0.2) is 8.78 Å². The van der Waals surface area contributed by atoms with Gasteiger partial charge in [0.15, 0.2) is 0 Å². The molecule has 1 fully saturated rings. The van der Waals surface area contributed by atoms with Gasteiger partial charge < -0.3 is 0 Å². The van der Waals surface area contributed by atoms with E-state index in [1.165, 1.54) is 0 Å². The van der Waals surface area contributed by atoms with Crippen molar-refractivity contribution in [3.05, 3.63) is 0 Å². The van der Waals surface area contributed by atoms with Crippen LogP contribution in [-0.2, 0) is 0 Å². The van der Waals surface area contributed by atoms with Crippen LogP contribution in [0.3, 0.4) is 0 Å². The van der Waals surface area contributed by atoms with Crippen molar-refractivity contribution < 1.29 is 8.78 Å². The van der Waals surface area contributed by atoms with Gasteiger partial charge in [0.1, 0.15) is 12.3 Å². The summed E-state index contributed by atoms with van der Waals surface area (Å²) >= 11 is 0. The first-order valence-electron chi connectivity index (χ1n) is 3.84. The van der Waals surface area contributed by atoms with Gasteiger partial charge in [-0.3, -0.25) is 0 Å². The molecule has 2 heteroatoms. The molecule has 1 rings (SSSR count). The predicted molar refractivity (Wildman–Crippen MR) is 37.3 cm³/mol. The summed E-state index contributed by atoms with van der Waals surface area (Å²) in [7, 11) is 0. The Morgan fingerprint density at radius 1 is 0.700 bits per heavy atom. The van der Waals surface area contributed by atoms with Crippen molar-refractivity contribution in [1.82, 2.24) is 0 Å². The highest BCUT2D eigenvalue weighted by Crippen LogP contribution is 2.40. The van der Waals surface area contributed by atoms with Gasteiger partial charge in [-0.2, -0.15) is 0 Å². The van der Waals surface area contributed by atoms with Crippen LogP contribution in [0.25, 0.3) is 0 Å². The molecule has 60 valence electrons. The highest BCUT2D eigenvalue weighted by molar-refractivity contribution is 4.91. The molecule has 5 atom stereocenters. The molecule has 10 heavy (non-hydrogen) atoms. The van der Waals surface area contributed by atoms with Gasteiger partial charge in [-0.05, 0) is 11.8 Å². The smallest absolute Gasteiger partial charge is 0.108 e. The Labute approximate surface area is 60.6 Å². The second-order valence-electron chi connectivity index (χ2n) is 3.47. The van der Waals surface area contributed by atoms with Crippen LogP contribution in [0, 0.1) is 17.8 Å². The third-order valence-electron chi connectivity index (χ3n) is 2.84. The average Bonchev–Trinajstić information content (AvgIpc) is 2.07. The summed E-state index contributed by atoms with van der Waals surface area (Å²) in [5.74, 6) is -0.611. The lowest BCUT2D eigenvalue weighted by molar-refractivity contribution is 0.188. The van der Waals surface area contributed by atoms with Crippen LogP contribution in [0.1, 0.15) is 20.8 Å². The first-order chi connectivity index (χ1) is 4.55. The molecule has 0 bridgehead atoms. The molecule has 0 saturated heterocycles. The topological polar surface area (TPSA) is 0 Å². The minimum atomic E-state index is -0.940. The van der Waals surface area contributed by atoms with Gasteiger partial charge in [-0.1, -0.05) is 20.8 Å². The molecule has 3 unspecified atom stereocenters. The van der Waals surface area contributed by atoms with E-state index in [0.717, 1.165) is 0 Å². The van der Waals surface area contributed by atoms with Gasteiger partial charge in [0.25, 0.3) is 0 Å². The number of rotatable bonds is 0. The van der Waals surface area contributed by atoms with Crippen LogP contribution in [0.15, 0.2) is 0 Å². The highest BCUT2D eigenvalue weighted by atomic mass is 19.1. The van der Waals surface area contributed by atoms with Crippen LogP contribution in [0.2, 0.25) is 0 Å². The van der Waals surface area contributed by atoms with E-state index in [-0.39, 0.29) is 11.8 Å². The number of halogens is 2. The molecule has 0 aromatic rings. The SMILES string of the molecule is CC1C(F)[C@@H](C)[C@@H](C)C1F. The molecular weight excluding hydrogens is 134 g/mol. The largest absolute Gasteiger partial charge is 0.247 e. The van der Waals surface area contributed by atoms with Crippen molar-refractivity contribution in [2.24, 2.45) is 17.8 Å². The van der Waals surface area contributed by atoms with Crippen molar-refractivity contribution in [2.45, 2.75) is 33.1 Å². The van der Waals surface area contributed by atoms with E-state index in [1.807, 2.05) is 0 Å². The summed E-state index contributed by atoms with van der Waals surface area (Å²) in [6, 6.07) is 0. The van der Waals surface area contributed by atoms with E-state index in [0.29, 0.717) is 0 Å². The second-order valence-corrected chi connectivity index (χ2v) is 3.47. The maximum Gasteiger partial charge on any atom is 0.108 e. The van der Waals surface area contributed by atoms with Crippen molar-refractivity contribution in [1.29, 1.82) is 0 Å². The molecule has 0 aromatic carbocycles.